The minimum Gasteiger partial charge on any atom is -0.353 e. The zero-order valence-corrected chi connectivity index (χ0v) is 16.5. The lowest BCUT2D eigenvalue weighted by molar-refractivity contribution is -0.122. The quantitative estimate of drug-likeness (QED) is 0.548. The zero-order valence-electron chi connectivity index (χ0n) is 15.0. The second-order valence-corrected chi connectivity index (χ2v) is 7.78. The highest BCUT2D eigenvalue weighted by molar-refractivity contribution is 6.42. The Bertz CT molecular complexity index is 530. The second-order valence-electron chi connectivity index (χ2n) is 6.96. The highest BCUT2D eigenvalue weighted by Gasteiger charge is 2.14. The number of amides is 1. The molecule has 1 aromatic rings. The molecule has 1 fully saturated rings. The normalized spacial score (nSPS) is 15.3. The molecule has 3 nitrogen and oxygen atoms in total. The van der Waals surface area contributed by atoms with Gasteiger partial charge in [-0.05, 0) is 62.9 Å². The zero-order chi connectivity index (χ0) is 17.9. The SMILES string of the molecule is O=C(CCCCCCCCc1ccc(Cl)c(Cl)c1)NC1CCNCC1. The number of rotatable bonds is 10. The van der Waals surface area contributed by atoms with Crippen LogP contribution < -0.4 is 10.6 Å². The molecule has 1 aliphatic rings. The molecule has 2 N–H and O–H groups in total. The Kier molecular flexibility index (Phi) is 9.67. The average Bonchev–Trinajstić information content (AvgIpc) is 2.61. The number of aryl methyl sites for hydroxylation is 1. The Morgan fingerprint density at radius 3 is 2.40 bits per heavy atom. The van der Waals surface area contributed by atoms with E-state index in [1.807, 2.05) is 12.1 Å². The Labute approximate surface area is 161 Å². The first kappa shape index (κ1) is 20.5. The van der Waals surface area contributed by atoms with Gasteiger partial charge in [-0.2, -0.15) is 0 Å². The van der Waals surface area contributed by atoms with Crippen LogP contribution in [0.1, 0.15) is 63.4 Å². The molecule has 2 rings (SSSR count). The van der Waals surface area contributed by atoms with Gasteiger partial charge >= 0.3 is 0 Å². The Morgan fingerprint density at radius 2 is 1.68 bits per heavy atom. The Balaban J connectivity index is 1.44. The number of hydrogen-bond donors (Lipinski definition) is 2. The van der Waals surface area contributed by atoms with E-state index in [0.29, 0.717) is 22.5 Å². The molecular weight excluding hydrogens is 355 g/mol. The van der Waals surface area contributed by atoms with Crippen molar-refractivity contribution < 1.29 is 4.79 Å². The number of hydrogen-bond acceptors (Lipinski definition) is 2. The van der Waals surface area contributed by atoms with Crippen molar-refractivity contribution in [3.8, 4) is 0 Å². The lowest BCUT2D eigenvalue weighted by atomic mass is 10.0. The molecule has 0 spiro atoms. The van der Waals surface area contributed by atoms with Gasteiger partial charge in [0.1, 0.15) is 0 Å². The summed E-state index contributed by atoms with van der Waals surface area (Å²) < 4.78 is 0. The van der Waals surface area contributed by atoms with Crippen LogP contribution in [0.15, 0.2) is 18.2 Å². The molecule has 140 valence electrons. The summed E-state index contributed by atoms with van der Waals surface area (Å²) in [7, 11) is 0. The summed E-state index contributed by atoms with van der Waals surface area (Å²) in [6.45, 7) is 2.04. The van der Waals surface area contributed by atoms with E-state index >= 15 is 0 Å². The summed E-state index contributed by atoms with van der Waals surface area (Å²) in [4.78, 5) is 11.9. The van der Waals surface area contributed by atoms with Crippen molar-refractivity contribution >= 4 is 29.1 Å². The summed E-state index contributed by atoms with van der Waals surface area (Å²) in [5.74, 6) is 0.228. The highest BCUT2D eigenvalue weighted by Crippen LogP contribution is 2.23. The Hall–Kier alpha value is -0.770. The van der Waals surface area contributed by atoms with Crippen molar-refractivity contribution in [3.05, 3.63) is 33.8 Å². The topological polar surface area (TPSA) is 41.1 Å². The van der Waals surface area contributed by atoms with Crippen LogP contribution in [0.4, 0.5) is 0 Å². The number of piperidine rings is 1. The van der Waals surface area contributed by atoms with Gasteiger partial charge in [0.25, 0.3) is 0 Å². The van der Waals surface area contributed by atoms with Gasteiger partial charge in [0.2, 0.25) is 5.91 Å². The maximum absolute atomic E-state index is 11.9. The van der Waals surface area contributed by atoms with Crippen LogP contribution in [0, 0.1) is 0 Å². The van der Waals surface area contributed by atoms with Crippen molar-refractivity contribution in [2.45, 2.75) is 70.3 Å². The molecule has 0 aliphatic carbocycles. The standard InChI is InChI=1S/C20H30Cl2N2O/c21-18-10-9-16(15-19(18)22)7-5-3-1-2-4-6-8-20(25)24-17-11-13-23-14-12-17/h9-10,15,17,23H,1-8,11-14H2,(H,24,25). The van der Waals surface area contributed by atoms with Gasteiger partial charge in [-0.25, -0.2) is 0 Å². The van der Waals surface area contributed by atoms with Crippen molar-refractivity contribution in [2.24, 2.45) is 0 Å². The summed E-state index contributed by atoms with van der Waals surface area (Å²) in [5, 5.41) is 7.73. The monoisotopic (exact) mass is 384 g/mol. The molecule has 5 heteroatoms. The van der Waals surface area contributed by atoms with Crippen LogP contribution in [-0.2, 0) is 11.2 Å². The van der Waals surface area contributed by atoms with E-state index < -0.39 is 0 Å². The van der Waals surface area contributed by atoms with Gasteiger partial charge in [0.05, 0.1) is 10.0 Å². The van der Waals surface area contributed by atoms with E-state index in [1.54, 1.807) is 0 Å². The third kappa shape index (κ3) is 8.44. The summed E-state index contributed by atoms with van der Waals surface area (Å²) in [5.41, 5.74) is 1.25. The van der Waals surface area contributed by atoms with Crippen molar-refractivity contribution in [3.63, 3.8) is 0 Å². The maximum Gasteiger partial charge on any atom is 0.220 e. The molecule has 1 aromatic carbocycles. The molecular formula is C20H30Cl2N2O. The second kappa shape index (κ2) is 11.8. The smallest absolute Gasteiger partial charge is 0.220 e. The fourth-order valence-corrected chi connectivity index (χ4v) is 3.60. The van der Waals surface area contributed by atoms with E-state index in [2.05, 4.69) is 16.7 Å². The van der Waals surface area contributed by atoms with Crippen molar-refractivity contribution in [1.82, 2.24) is 10.6 Å². The number of unbranched alkanes of at least 4 members (excludes halogenated alkanes) is 5. The van der Waals surface area contributed by atoms with Crippen LogP contribution in [0.2, 0.25) is 10.0 Å². The number of nitrogens with one attached hydrogen (secondary N) is 2. The molecule has 1 saturated heterocycles. The van der Waals surface area contributed by atoms with E-state index in [1.165, 1.54) is 31.2 Å². The molecule has 0 unspecified atom stereocenters. The van der Waals surface area contributed by atoms with Crippen LogP contribution in [-0.4, -0.2) is 25.0 Å². The van der Waals surface area contributed by atoms with Crippen LogP contribution in [0.5, 0.6) is 0 Å². The molecule has 0 atom stereocenters. The molecule has 1 amide bonds. The molecule has 0 radical (unpaired) electrons. The van der Waals surface area contributed by atoms with E-state index in [-0.39, 0.29) is 5.91 Å². The average molecular weight is 385 g/mol. The number of benzene rings is 1. The predicted molar refractivity (Wildman–Crippen MR) is 107 cm³/mol. The first-order chi connectivity index (χ1) is 12.1. The third-order valence-electron chi connectivity index (χ3n) is 4.81. The molecule has 25 heavy (non-hydrogen) atoms. The lowest BCUT2D eigenvalue weighted by Crippen LogP contribution is -2.42. The molecule has 0 bridgehead atoms. The van der Waals surface area contributed by atoms with Gasteiger partial charge in [-0.1, -0.05) is 55.0 Å². The van der Waals surface area contributed by atoms with E-state index in [4.69, 9.17) is 23.2 Å². The summed E-state index contributed by atoms with van der Waals surface area (Å²) >= 11 is 12.0. The summed E-state index contributed by atoms with van der Waals surface area (Å²) in [6, 6.07) is 6.27. The lowest BCUT2D eigenvalue weighted by Gasteiger charge is -2.23. The van der Waals surface area contributed by atoms with Gasteiger partial charge in [0.15, 0.2) is 0 Å². The summed E-state index contributed by atoms with van der Waals surface area (Å²) in [6.07, 6.45) is 10.8. The van der Waals surface area contributed by atoms with Crippen LogP contribution in [0.3, 0.4) is 0 Å². The largest absolute Gasteiger partial charge is 0.353 e. The number of carbonyl (C=O) groups excluding carboxylic acids is 1. The minimum atomic E-state index is 0.228. The first-order valence-corrected chi connectivity index (χ1v) is 10.3. The predicted octanol–water partition coefficient (Wildman–Crippen LogP) is 5.13. The molecule has 0 saturated carbocycles. The first-order valence-electron chi connectivity index (χ1n) is 9.59. The maximum atomic E-state index is 11.9. The van der Waals surface area contributed by atoms with Crippen molar-refractivity contribution in [2.75, 3.05) is 13.1 Å². The van der Waals surface area contributed by atoms with Crippen LogP contribution in [0.25, 0.3) is 0 Å². The van der Waals surface area contributed by atoms with Gasteiger partial charge < -0.3 is 10.6 Å². The fraction of sp³-hybridized carbons (Fsp3) is 0.650. The molecule has 1 heterocycles. The third-order valence-corrected chi connectivity index (χ3v) is 5.55. The van der Waals surface area contributed by atoms with Gasteiger partial charge in [-0.3, -0.25) is 4.79 Å². The minimum absolute atomic E-state index is 0.228. The highest BCUT2D eigenvalue weighted by atomic mass is 35.5. The van der Waals surface area contributed by atoms with E-state index in [0.717, 1.165) is 45.2 Å². The molecule has 0 aromatic heterocycles. The van der Waals surface area contributed by atoms with Gasteiger partial charge in [0, 0.05) is 12.5 Å². The van der Waals surface area contributed by atoms with E-state index in [9.17, 15) is 4.79 Å². The fourth-order valence-electron chi connectivity index (χ4n) is 3.28. The number of carbonyl (C=O) groups is 1. The number of halogens is 2. The molecule has 1 aliphatic heterocycles. The van der Waals surface area contributed by atoms with Crippen LogP contribution >= 0.6 is 23.2 Å². The van der Waals surface area contributed by atoms with Gasteiger partial charge in [-0.15, -0.1) is 0 Å². The van der Waals surface area contributed by atoms with Crippen molar-refractivity contribution in [1.29, 1.82) is 0 Å². The Morgan fingerprint density at radius 1 is 1.00 bits per heavy atom.